The molecule has 0 aliphatic rings. The number of carbonyl (C=O) groups is 1. The fraction of sp³-hybridized carbons (Fsp3) is 0.278. The molecule has 2 aromatic heterocycles. The van der Waals surface area contributed by atoms with Crippen LogP contribution in [-0.2, 0) is 9.53 Å². The summed E-state index contributed by atoms with van der Waals surface area (Å²) in [7, 11) is 0. The Morgan fingerprint density at radius 1 is 1.41 bits per heavy atom. The van der Waals surface area contributed by atoms with Crippen LogP contribution in [0.1, 0.15) is 26.3 Å². The largest absolute Gasteiger partial charge is 0.464 e. The summed E-state index contributed by atoms with van der Waals surface area (Å²) in [6, 6.07) is 5.31. The number of aromatic nitrogens is 2. The predicted molar refractivity (Wildman–Crippen MR) is 102 cm³/mol. The van der Waals surface area contributed by atoms with E-state index < -0.39 is 16.9 Å². The lowest BCUT2D eigenvalue weighted by Gasteiger charge is -2.16. The quantitative estimate of drug-likeness (QED) is 0.364. The molecule has 0 radical (unpaired) electrons. The Kier molecular flexibility index (Phi) is 5.31. The predicted octanol–water partition coefficient (Wildman–Crippen LogP) is 3.55. The first-order valence-electron chi connectivity index (χ1n) is 8.37. The third kappa shape index (κ3) is 3.45. The zero-order valence-corrected chi connectivity index (χ0v) is 15.6. The number of nitro benzene ring substituents is 1. The molecule has 0 amide bonds. The minimum Gasteiger partial charge on any atom is -0.464 e. The van der Waals surface area contributed by atoms with Crippen molar-refractivity contribution in [2.75, 3.05) is 6.61 Å². The molecule has 0 saturated carbocycles. The maximum absolute atomic E-state index is 13.1. The molecule has 0 bridgehead atoms. The van der Waals surface area contributed by atoms with Gasteiger partial charge in [-0.1, -0.05) is 19.1 Å². The van der Waals surface area contributed by atoms with Crippen LogP contribution >= 0.6 is 11.3 Å². The molecule has 2 heterocycles. The molecule has 3 aromatic rings. The van der Waals surface area contributed by atoms with Crippen LogP contribution in [0.5, 0.6) is 0 Å². The summed E-state index contributed by atoms with van der Waals surface area (Å²) in [4.78, 5) is 40.7. The van der Waals surface area contributed by atoms with Gasteiger partial charge in [0.1, 0.15) is 10.9 Å². The lowest BCUT2D eigenvalue weighted by Crippen LogP contribution is -2.31. The van der Waals surface area contributed by atoms with E-state index in [1.165, 1.54) is 34.4 Å². The molecule has 0 fully saturated rings. The Morgan fingerprint density at radius 2 is 2.19 bits per heavy atom. The lowest BCUT2D eigenvalue weighted by molar-refractivity contribution is -0.384. The molecular formula is C18H17N3O5S. The highest BCUT2D eigenvalue weighted by Gasteiger charge is 2.23. The first-order valence-corrected chi connectivity index (χ1v) is 9.25. The van der Waals surface area contributed by atoms with E-state index in [2.05, 4.69) is 4.98 Å². The molecule has 3 rings (SSSR count). The van der Waals surface area contributed by atoms with Crippen molar-refractivity contribution in [2.24, 2.45) is 0 Å². The highest BCUT2D eigenvalue weighted by atomic mass is 32.1. The van der Waals surface area contributed by atoms with E-state index in [1.807, 2.05) is 0 Å². The smallest absolute Gasteiger partial charge is 0.329 e. The average molecular weight is 387 g/mol. The number of ether oxygens (including phenoxy) is 1. The summed E-state index contributed by atoms with van der Waals surface area (Å²) in [5.74, 6) is -0.490. The second-order valence-electron chi connectivity index (χ2n) is 5.77. The molecule has 27 heavy (non-hydrogen) atoms. The van der Waals surface area contributed by atoms with E-state index in [0.717, 1.165) is 0 Å². The third-order valence-corrected chi connectivity index (χ3v) is 5.05. The fourth-order valence-electron chi connectivity index (χ4n) is 2.88. The van der Waals surface area contributed by atoms with Crippen LogP contribution in [0.25, 0.3) is 21.3 Å². The number of fused-ring (bicyclic) bond motifs is 1. The monoisotopic (exact) mass is 387 g/mol. The molecule has 8 nitrogen and oxygen atoms in total. The van der Waals surface area contributed by atoms with E-state index in [4.69, 9.17) is 4.74 Å². The van der Waals surface area contributed by atoms with Crippen LogP contribution in [0.15, 0.2) is 40.8 Å². The zero-order valence-electron chi connectivity index (χ0n) is 14.7. The summed E-state index contributed by atoms with van der Waals surface area (Å²) in [5.41, 5.74) is 0.678. The molecule has 0 saturated heterocycles. The zero-order chi connectivity index (χ0) is 19.6. The Morgan fingerprint density at radius 3 is 2.85 bits per heavy atom. The minimum absolute atomic E-state index is 0.0611. The van der Waals surface area contributed by atoms with Gasteiger partial charge in [-0.3, -0.25) is 19.5 Å². The number of esters is 1. The van der Waals surface area contributed by atoms with Gasteiger partial charge >= 0.3 is 5.97 Å². The van der Waals surface area contributed by atoms with Crippen LogP contribution in [0.4, 0.5) is 5.69 Å². The third-order valence-electron chi connectivity index (χ3n) is 4.17. The second kappa shape index (κ2) is 7.67. The molecular weight excluding hydrogens is 370 g/mol. The van der Waals surface area contributed by atoms with Gasteiger partial charge < -0.3 is 4.74 Å². The number of hydrogen-bond acceptors (Lipinski definition) is 7. The number of non-ortho nitro benzene ring substituents is 1. The molecule has 0 aliphatic carbocycles. The number of nitrogens with zero attached hydrogens (tertiary/aromatic N) is 3. The van der Waals surface area contributed by atoms with Gasteiger partial charge in [0.2, 0.25) is 0 Å². The van der Waals surface area contributed by atoms with E-state index in [9.17, 15) is 19.7 Å². The van der Waals surface area contributed by atoms with Gasteiger partial charge in [0, 0.05) is 23.1 Å². The number of carbonyl (C=O) groups excluding carboxylic acids is 1. The van der Waals surface area contributed by atoms with Crippen molar-refractivity contribution in [1.82, 2.24) is 9.55 Å². The van der Waals surface area contributed by atoms with Crippen LogP contribution < -0.4 is 5.56 Å². The molecule has 140 valence electrons. The number of rotatable bonds is 6. The van der Waals surface area contributed by atoms with Crippen LogP contribution in [-0.4, -0.2) is 27.1 Å². The Labute approximate surface area is 158 Å². The topological polar surface area (TPSA) is 104 Å². The van der Waals surface area contributed by atoms with Crippen molar-refractivity contribution in [2.45, 2.75) is 26.3 Å². The summed E-state index contributed by atoms with van der Waals surface area (Å²) < 4.78 is 6.33. The normalized spacial score (nSPS) is 12.1. The first-order chi connectivity index (χ1) is 13.0. The van der Waals surface area contributed by atoms with Crippen LogP contribution in [0.3, 0.4) is 0 Å². The van der Waals surface area contributed by atoms with Gasteiger partial charge in [-0.05, 0) is 18.9 Å². The van der Waals surface area contributed by atoms with Crippen molar-refractivity contribution in [3.8, 4) is 11.1 Å². The molecule has 1 aromatic carbocycles. The van der Waals surface area contributed by atoms with Crippen molar-refractivity contribution < 1.29 is 14.5 Å². The highest BCUT2D eigenvalue weighted by Crippen LogP contribution is 2.32. The van der Waals surface area contributed by atoms with E-state index in [-0.39, 0.29) is 17.9 Å². The maximum Gasteiger partial charge on any atom is 0.329 e. The average Bonchev–Trinajstić information content (AvgIpc) is 3.09. The molecule has 0 aliphatic heterocycles. The standard InChI is InChI=1S/C18H17N3O5S/c1-3-14(18(23)26-4-2)20-10-19-16-15(17(20)22)13(9-27-16)11-6-5-7-12(8-11)21(24)25/h5-10,14H,3-4H2,1-2H3/t14-/m0/s1. The SMILES string of the molecule is CCOC(=O)[C@H](CC)n1cnc2scc(-c3cccc([N+](=O)[O-])c3)c2c1=O. The number of hydrogen-bond donors (Lipinski definition) is 0. The molecule has 0 unspecified atom stereocenters. The van der Waals surface area contributed by atoms with E-state index in [1.54, 1.807) is 31.4 Å². The van der Waals surface area contributed by atoms with Gasteiger partial charge in [-0.2, -0.15) is 0 Å². The summed E-state index contributed by atoms with van der Waals surface area (Å²) in [6.45, 7) is 3.71. The van der Waals surface area contributed by atoms with Crippen molar-refractivity contribution in [3.05, 3.63) is 56.4 Å². The summed E-state index contributed by atoms with van der Waals surface area (Å²) in [5, 5.41) is 13.1. The van der Waals surface area contributed by atoms with Gasteiger partial charge in [0.05, 0.1) is 23.2 Å². The highest BCUT2D eigenvalue weighted by molar-refractivity contribution is 7.17. The van der Waals surface area contributed by atoms with Crippen LogP contribution in [0, 0.1) is 10.1 Å². The molecule has 1 atom stereocenters. The first kappa shape index (κ1) is 18.7. The fourth-order valence-corrected chi connectivity index (χ4v) is 3.79. The Bertz CT molecular complexity index is 1070. The molecule has 0 N–H and O–H groups in total. The number of nitro groups is 1. The number of thiophene rings is 1. The minimum atomic E-state index is -0.771. The summed E-state index contributed by atoms with van der Waals surface area (Å²) in [6.07, 6.45) is 1.73. The van der Waals surface area contributed by atoms with E-state index in [0.29, 0.717) is 27.8 Å². The van der Waals surface area contributed by atoms with Gasteiger partial charge in [0.25, 0.3) is 11.2 Å². The van der Waals surface area contributed by atoms with Gasteiger partial charge in [0.15, 0.2) is 0 Å². The van der Waals surface area contributed by atoms with Gasteiger partial charge in [-0.15, -0.1) is 11.3 Å². The van der Waals surface area contributed by atoms with Crippen LogP contribution in [0.2, 0.25) is 0 Å². The maximum atomic E-state index is 13.1. The molecule has 9 heteroatoms. The van der Waals surface area contributed by atoms with E-state index >= 15 is 0 Å². The number of benzene rings is 1. The second-order valence-corrected chi connectivity index (χ2v) is 6.63. The Balaban J connectivity index is 2.18. The van der Waals surface area contributed by atoms with Crippen molar-refractivity contribution in [1.29, 1.82) is 0 Å². The van der Waals surface area contributed by atoms with Crippen molar-refractivity contribution >= 4 is 33.2 Å². The Hall–Kier alpha value is -3.07. The molecule has 0 spiro atoms. The summed E-state index contributed by atoms with van der Waals surface area (Å²) >= 11 is 1.27. The lowest BCUT2D eigenvalue weighted by atomic mass is 10.1. The van der Waals surface area contributed by atoms with Crippen molar-refractivity contribution in [3.63, 3.8) is 0 Å². The van der Waals surface area contributed by atoms with Gasteiger partial charge in [-0.25, -0.2) is 9.78 Å².